The van der Waals surface area contributed by atoms with E-state index in [0.29, 0.717) is 44.0 Å². The highest BCUT2D eigenvalue weighted by atomic mass is 16.5. The number of hydrogen-bond acceptors (Lipinski definition) is 3. The second kappa shape index (κ2) is 7.94. The van der Waals surface area contributed by atoms with Gasteiger partial charge in [0.25, 0.3) is 11.8 Å². The molecule has 130 valence electrons. The number of nitrogens with zero attached hydrogens (tertiary/aromatic N) is 1. The summed E-state index contributed by atoms with van der Waals surface area (Å²) in [5, 5.41) is 2.90. The van der Waals surface area contributed by atoms with Crippen LogP contribution in [0.25, 0.3) is 0 Å². The molecule has 1 aliphatic rings. The number of carbonyl (C=O) groups is 2. The first-order chi connectivity index (χ1) is 12.1. The molecule has 2 amide bonds. The average Bonchev–Trinajstić information content (AvgIpc) is 2.66. The molecule has 2 aromatic carbocycles. The van der Waals surface area contributed by atoms with Crippen molar-refractivity contribution in [2.45, 2.75) is 13.5 Å². The minimum atomic E-state index is -0.182. The molecule has 0 saturated carbocycles. The number of ether oxygens (including phenoxy) is 1. The molecule has 25 heavy (non-hydrogen) atoms. The molecule has 0 aliphatic carbocycles. The van der Waals surface area contributed by atoms with E-state index in [-0.39, 0.29) is 11.8 Å². The maximum Gasteiger partial charge on any atom is 0.254 e. The van der Waals surface area contributed by atoms with Crippen LogP contribution in [0.4, 0.5) is 0 Å². The molecule has 5 heteroatoms. The van der Waals surface area contributed by atoms with Crippen molar-refractivity contribution in [3.05, 3.63) is 70.8 Å². The quantitative estimate of drug-likeness (QED) is 0.931. The topological polar surface area (TPSA) is 58.6 Å². The maximum absolute atomic E-state index is 12.5. The Morgan fingerprint density at radius 3 is 2.52 bits per heavy atom. The summed E-state index contributed by atoms with van der Waals surface area (Å²) < 4.78 is 5.27. The Hall–Kier alpha value is -2.66. The maximum atomic E-state index is 12.5. The molecule has 1 heterocycles. The van der Waals surface area contributed by atoms with Crippen molar-refractivity contribution in [3.8, 4) is 0 Å². The van der Waals surface area contributed by atoms with Crippen LogP contribution < -0.4 is 5.32 Å². The van der Waals surface area contributed by atoms with E-state index in [9.17, 15) is 9.59 Å². The molecule has 1 fully saturated rings. The highest BCUT2D eigenvalue weighted by molar-refractivity contribution is 5.99. The number of nitrogens with one attached hydrogen (secondary N) is 1. The van der Waals surface area contributed by atoms with Crippen molar-refractivity contribution in [2.75, 3.05) is 26.3 Å². The van der Waals surface area contributed by atoms with Gasteiger partial charge in [0.05, 0.1) is 13.2 Å². The summed E-state index contributed by atoms with van der Waals surface area (Å²) in [6.45, 7) is 4.77. The summed E-state index contributed by atoms with van der Waals surface area (Å²) in [4.78, 5) is 26.7. The van der Waals surface area contributed by atoms with E-state index in [4.69, 9.17) is 4.74 Å². The molecule has 5 nitrogen and oxygen atoms in total. The Balaban J connectivity index is 1.65. The highest BCUT2D eigenvalue weighted by Gasteiger charge is 2.19. The van der Waals surface area contributed by atoms with Crippen molar-refractivity contribution in [1.29, 1.82) is 0 Å². The Bertz CT molecular complexity index is 767. The fourth-order valence-electron chi connectivity index (χ4n) is 2.85. The molecule has 3 rings (SSSR count). The van der Waals surface area contributed by atoms with Gasteiger partial charge in [0.1, 0.15) is 0 Å². The van der Waals surface area contributed by atoms with Gasteiger partial charge in [-0.25, -0.2) is 0 Å². The number of carbonyl (C=O) groups excluding carboxylic acids is 2. The molecule has 1 saturated heterocycles. The van der Waals surface area contributed by atoms with Gasteiger partial charge in [-0.3, -0.25) is 9.59 Å². The average molecular weight is 338 g/mol. The van der Waals surface area contributed by atoms with E-state index in [2.05, 4.69) is 5.32 Å². The lowest BCUT2D eigenvalue weighted by Crippen LogP contribution is -2.40. The predicted molar refractivity (Wildman–Crippen MR) is 95.5 cm³/mol. The number of hydrogen-bond donors (Lipinski definition) is 1. The van der Waals surface area contributed by atoms with E-state index in [0.717, 1.165) is 11.1 Å². The molecule has 1 aliphatic heterocycles. The first kappa shape index (κ1) is 17.2. The van der Waals surface area contributed by atoms with Crippen LogP contribution in [0.5, 0.6) is 0 Å². The summed E-state index contributed by atoms with van der Waals surface area (Å²) in [5.41, 5.74) is 3.23. The zero-order valence-electron chi connectivity index (χ0n) is 14.3. The monoisotopic (exact) mass is 338 g/mol. The van der Waals surface area contributed by atoms with E-state index < -0.39 is 0 Å². The molecule has 1 N–H and O–H groups in total. The molecular weight excluding hydrogens is 316 g/mol. The summed E-state index contributed by atoms with van der Waals surface area (Å²) in [7, 11) is 0. The van der Waals surface area contributed by atoms with E-state index in [1.807, 2.05) is 31.2 Å². The van der Waals surface area contributed by atoms with Crippen molar-refractivity contribution < 1.29 is 14.3 Å². The van der Waals surface area contributed by atoms with Gasteiger partial charge in [-0.1, -0.05) is 35.9 Å². The van der Waals surface area contributed by atoms with Crippen molar-refractivity contribution >= 4 is 11.8 Å². The van der Waals surface area contributed by atoms with Gasteiger partial charge in [-0.2, -0.15) is 0 Å². The predicted octanol–water partition coefficient (Wildman–Crippen LogP) is 2.40. The van der Waals surface area contributed by atoms with Gasteiger partial charge in [-0.15, -0.1) is 0 Å². The van der Waals surface area contributed by atoms with Crippen LogP contribution in [0, 0.1) is 6.92 Å². The Morgan fingerprint density at radius 1 is 1.04 bits per heavy atom. The van der Waals surface area contributed by atoms with Gasteiger partial charge < -0.3 is 15.0 Å². The Kier molecular flexibility index (Phi) is 5.46. The SMILES string of the molecule is Cc1cccc(CNC(=O)c2cccc(C(=O)N3CCOCC3)c2)c1. The third-order valence-electron chi connectivity index (χ3n) is 4.21. The minimum Gasteiger partial charge on any atom is -0.378 e. The second-order valence-electron chi connectivity index (χ2n) is 6.16. The van der Waals surface area contributed by atoms with E-state index in [1.165, 1.54) is 0 Å². The van der Waals surface area contributed by atoms with Gasteiger partial charge in [0.2, 0.25) is 0 Å². The standard InChI is InChI=1S/C20H22N2O3/c1-15-4-2-5-16(12-15)14-21-19(23)17-6-3-7-18(13-17)20(24)22-8-10-25-11-9-22/h2-7,12-13H,8-11,14H2,1H3,(H,21,23). The van der Waals surface area contributed by atoms with Crippen LogP contribution >= 0.6 is 0 Å². The molecule has 2 aromatic rings. The third-order valence-corrected chi connectivity index (χ3v) is 4.21. The van der Waals surface area contributed by atoms with Crippen LogP contribution in [0.1, 0.15) is 31.8 Å². The van der Waals surface area contributed by atoms with Gasteiger partial charge in [-0.05, 0) is 30.7 Å². The lowest BCUT2D eigenvalue weighted by atomic mass is 10.1. The summed E-state index contributed by atoms with van der Waals surface area (Å²) in [6, 6.07) is 14.9. The lowest BCUT2D eigenvalue weighted by Gasteiger charge is -2.27. The zero-order chi connectivity index (χ0) is 17.6. The lowest BCUT2D eigenvalue weighted by molar-refractivity contribution is 0.0303. The molecule has 0 bridgehead atoms. The number of aryl methyl sites for hydroxylation is 1. The number of amides is 2. The normalized spacial score (nSPS) is 14.2. The Morgan fingerprint density at radius 2 is 1.76 bits per heavy atom. The smallest absolute Gasteiger partial charge is 0.254 e. The summed E-state index contributed by atoms with van der Waals surface area (Å²) in [6.07, 6.45) is 0. The largest absolute Gasteiger partial charge is 0.378 e. The highest BCUT2D eigenvalue weighted by Crippen LogP contribution is 2.11. The number of benzene rings is 2. The van der Waals surface area contributed by atoms with Crippen LogP contribution in [-0.2, 0) is 11.3 Å². The minimum absolute atomic E-state index is 0.0587. The molecule has 0 unspecified atom stereocenters. The van der Waals surface area contributed by atoms with Crippen molar-refractivity contribution in [1.82, 2.24) is 10.2 Å². The van der Waals surface area contributed by atoms with E-state index in [1.54, 1.807) is 29.2 Å². The molecule has 0 radical (unpaired) electrons. The van der Waals surface area contributed by atoms with Gasteiger partial charge >= 0.3 is 0 Å². The van der Waals surface area contributed by atoms with Crippen LogP contribution in [-0.4, -0.2) is 43.0 Å². The van der Waals surface area contributed by atoms with E-state index >= 15 is 0 Å². The van der Waals surface area contributed by atoms with Crippen molar-refractivity contribution in [3.63, 3.8) is 0 Å². The summed E-state index contributed by atoms with van der Waals surface area (Å²) >= 11 is 0. The van der Waals surface area contributed by atoms with Gasteiger partial charge in [0.15, 0.2) is 0 Å². The number of rotatable bonds is 4. The van der Waals surface area contributed by atoms with Crippen LogP contribution in [0.3, 0.4) is 0 Å². The fourth-order valence-corrected chi connectivity index (χ4v) is 2.85. The molecule has 0 spiro atoms. The van der Waals surface area contributed by atoms with Crippen LogP contribution in [0.2, 0.25) is 0 Å². The first-order valence-electron chi connectivity index (χ1n) is 8.44. The molecule has 0 atom stereocenters. The van der Waals surface area contributed by atoms with Crippen molar-refractivity contribution in [2.24, 2.45) is 0 Å². The summed E-state index contributed by atoms with van der Waals surface area (Å²) in [5.74, 6) is -0.241. The first-order valence-corrected chi connectivity index (χ1v) is 8.44. The Labute approximate surface area is 147 Å². The zero-order valence-corrected chi connectivity index (χ0v) is 14.3. The third kappa shape index (κ3) is 4.45. The van der Waals surface area contributed by atoms with Crippen LogP contribution in [0.15, 0.2) is 48.5 Å². The fraction of sp³-hybridized carbons (Fsp3) is 0.300. The second-order valence-corrected chi connectivity index (χ2v) is 6.16. The molecular formula is C20H22N2O3. The molecule has 0 aromatic heterocycles. The van der Waals surface area contributed by atoms with Gasteiger partial charge in [0, 0.05) is 30.8 Å². The number of morpholine rings is 1.